The second kappa shape index (κ2) is 13.2. The predicted molar refractivity (Wildman–Crippen MR) is 131 cm³/mol. The summed E-state index contributed by atoms with van der Waals surface area (Å²) in [5.41, 5.74) is 12.6. The lowest BCUT2D eigenvalue weighted by atomic mass is 10.0. The Kier molecular flexibility index (Phi) is 10.3. The first kappa shape index (κ1) is 29.7. The summed E-state index contributed by atoms with van der Waals surface area (Å²) >= 11 is 0. The van der Waals surface area contributed by atoms with Gasteiger partial charge in [-0.3, -0.25) is 24.0 Å². The summed E-state index contributed by atoms with van der Waals surface area (Å²) in [6.45, 7) is 1.10. The number of aromatic nitrogens is 1. The number of aliphatic carboxylic acids is 2. The number of fused-ring (bicyclic) bond motifs is 1. The minimum Gasteiger partial charge on any atom is -0.481 e. The van der Waals surface area contributed by atoms with Gasteiger partial charge < -0.3 is 47.7 Å². The van der Waals surface area contributed by atoms with Gasteiger partial charge in [-0.05, 0) is 25.0 Å². The van der Waals surface area contributed by atoms with Crippen molar-refractivity contribution in [2.45, 2.75) is 56.5 Å². The normalized spacial score (nSPS) is 14.9. The summed E-state index contributed by atoms with van der Waals surface area (Å²) in [5, 5.41) is 35.1. The molecule has 0 bridgehead atoms. The van der Waals surface area contributed by atoms with Crippen molar-refractivity contribution in [1.82, 2.24) is 20.9 Å². The van der Waals surface area contributed by atoms with E-state index in [1.54, 1.807) is 12.3 Å². The number of hydrogen-bond donors (Lipinski definition) is 9. The van der Waals surface area contributed by atoms with Gasteiger partial charge in [0, 0.05) is 17.1 Å². The van der Waals surface area contributed by atoms with Crippen molar-refractivity contribution in [2.24, 2.45) is 11.5 Å². The van der Waals surface area contributed by atoms with Gasteiger partial charge in [0.25, 0.3) is 0 Å². The molecule has 11 N–H and O–H groups in total. The van der Waals surface area contributed by atoms with E-state index in [2.05, 4.69) is 15.6 Å². The van der Waals surface area contributed by atoms with Crippen LogP contribution in [0.3, 0.4) is 0 Å². The van der Waals surface area contributed by atoms with Gasteiger partial charge in [0.15, 0.2) is 6.04 Å². The van der Waals surface area contributed by atoms with E-state index in [0.717, 1.165) is 17.8 Å². The van der Waals surface area contributed by atoms with Crippen molar-refractivity contribution in [3.8, 4) is 0 Å². The fourth-order valence-corrected chi connectivity index (χ4v) is 3.62. The molecule has 1 aromatic carbocycles. The van der Waals surface area contributed by atoms with E-state index in [-0.39, 0.29) is 6.42 Å². The highest BCUT2D eigenvalue weighted by molar-refractivity contribution is 5.97. The standard InChI is InChI=1S/C23H30N6O9/c1-10(30)19(23(37)38)29-22(36)15(7-17(25)31)28-21(35)16(8-18(32)33)27-20(34)13(24)6-11-9-26-14-5-3-2-4-12(11)14/h2-5,9-10,13,15-16,19,26,30H,6-8,24H2,1H3,(H2,25,31)(H,27,34)(H,28,35)(H,29,36)(H,32,33)(H,37,38). The third-order valence-electron chi connectivity index (χ3n) is 5.55. The molecule has 0 fully saturated rings. The molecule has 0 spiro atoms. The Hall–Kier alpha value is -4.50. The summed E-state index contributed by atoms with van der Waals surface area (Å²) < 4.78 is 0. The minimum absolute atomic E-state index is 0.0554. The van der Waals surface area contributed by atoms with Gasteiger partial charge in [0.2, 0.25) is 23.6 Å². The number of aromatic amines is 1. The zero-order chi connectivity index (χ0) is 28.6. The Morgan fingerprint density at radius 1 is 0.921 bits per heavy atom. The molecule has 38 heavy (non-hydrogen) atoms. The van der Waals surface area contributed by atoms with Gasteiger partial charge in [-0.15, -0.1) is 0 Å². The number of carbonyl (C=O) groups is 6. The smallest absolute Gasteiger partial charge is 0.328 e. The van der Waals surface area contributed by atoms with Crippen LogP contribution in [-0.2, 0) is 35.2 Å². The Bertz CT molecular complexity index is 1210. The van der Waals surface area contributed by atoms with Crippen LogP contribution < -0.4 is 27.4 Å². The molecule has 0 aliphatic carbocycles. The highest BCUT2D eigenvalue weighted by Gasteiger charge is 2.33. The number of primary amides is 1. The van der Waals surface area contributed by atoms with E-state index >= 15 is 0 Å². The SMILES string of the molecule is CC(O)C(NC(=O)C(CC(N)=O)NC(=O)C(CC(=O)O)NC(=O)C(N)Cc1c[nH]c2ccccc12)C(=O)O. The molecule has 2 aromatic rings. The number of carboxylic acid groups (broad SMARTS) is 2. The van der Waals surface area contributed by atoms with E-state index in [0.29, 0.717) is 5.56 Å². The zero-order valence-electron chi connectivity index (χ0n) is 20.3. The molecule has 2 rings (SSSR count). The molecule has 0 aliphatic heterocycles. The number of carboxylic acids is 2. The fraction of sp³-hybridized carbons (Fsp3) is 0.391. The first-order valence-electron chi connectivity index (χ1n) is 11.4. The van der Waals surface area contributed by atoms with Crippen molar-refractivity contribution in [3.05, 3.63) is 36.0 Å². The number of benzene rings is 1. The number of H-pyrrole nitrogens is 1. The molecular formula is C23H30N6O9. The van der Waals surface area contributed by atoms with Crippen LogP contribution in [0, 0.1) is 0 Å². The average molecular weight is 535 g/mol. The maximum Gasteiger partial charge on any atom is 0.328 e. The maximum absolute atomic E-state index is 12.8. The fourth-order valence-electron chi connectivity index (χ4n) is 3.62. The number of nitrogens with two attached hydrogens (primary N) is 2. The molecule has 0 saturated heterocycles. The monoisotopic (exact) mass is 534 g/mol. The quantitative estimate of drug-likeness (QED) is 0.121. The molecule has 0 aliphatic rings. The number of para-hydroxylation sites is 1. The van der Waals surface area contributed by atoms with Crippen LogP contribution in [0.2, 0.25) is 0 Å². The molecule has 5 unspecified atom stereocenters. The lowest BCUT2D eigenvalue weighted by Crippen LogP contribution is -2.59. The number of nitrogens with one attached hydrogen (secondary N) is 4. The number of hydrogen-bond acceptors (Lipinski definition) is 8. The summed E-state index contributed by atoms with van der Waals surface area (Å²) in [7, 11) is 0. The second-order valence-electron chi connectivity index (χ2n) is 8.63. The molecule has 15 heteroatoms. The first-order valence-corrected chi connectivity index (χ1v) is 11.4. The van der Waals surface area contributed by atoms with Gasteiger partial charge in [-0.25, -0.2) is 4.79 Å². The molecule has 15 nitrogen and oxygen atoms in total. The highest BCUT2D eigenvalue weighted by atomic mass is 16.4. The predicted octanol–water partition coefficient (Wildman–Crippen LogP) is -2.69. The number of carbonyl (C=O) groups excluding carboxylic acids is 4. The van der Waals surface area contributed by atoms with Crippen molar-refractivity contribution >= 4 is 46.5 Å². The van der Waals surface area contributed by atoms with E-state index in [1.807, 2.05) is 23.5 Å². The number of rotatable bonds is 14. The molecule has 1 heterocycles. The topological polar surface area (TPSA) is 267 Å². The summed E-state index contributed by atoms with van der Waals surface area (Å²) in [6, 6.07) is 0.897. The van der Waals surface area contributed by atoms with E-state index < -0.39 is 78.7 Å². The van der Waals surface area contributed by atoms with Crippen molar-refractivity contribution in [2.75, 3.05) is 0 Å². The van der Waals surface area contributed by atoms with Gasteiger partial charge in [-0.1, -0.05) is 18.2 Å². The van der Waals surface area contributed by atoms with Crippen molar-refractivity contribution in [1.29, 1.82) is 0 Å². The summed E-state index contributed by atoms with van der Waals surface area (Å²) in [4.78, 5) is 75.2. The van der Waals surface area contributed by atoms with Crippen LogP contribution >= 0.6 is 0 Å². The van der Waals surface area contributed by atoms with E-state index in [4.69, 9.17) is 16.6 Å². The average Bonchev–Trinajstić information content (AvgIpc) is 3.23. The van der Waals surface area contributed by atoms with Crippen LogP contribution in [-0.4, -0.2) is 86.1 Å². The Balaban J connectivity index is 2.15. The Morgan fingerprint density at radius 2 is 1.50 bits per heavy atom. The first-order chi connectivity index (χ1) is 17.8. The molecule has 1 aromatic heterocycles. The summed E-state index contributed by atoms with van der Waals surface area (Å²) in [6.07, 6.45) is -1.48. The van der Waals surface area contributed by atoms with Crippen LogP contribution in [0.1, 0.15) is 25.3 Å². The maximum atomic E-state index is 12.8. The van der Waals surface area contributed by atoms with Gasteiger partial charge in [-0.2, -0.15) is 0 Å². The minimum atomic E-state index is -1.77. The van der Waals surface area contributed by atoms with Crippen LogP contribution in [0.15, 0.2) is 30.5 Å². The van der Waals surface area contributed by atoms with E-state index in [9.17, 15) is 39.0 Å². The van der Waals surface area contributed by atoms with Gasteiger partial charge in [0.1, 0.15) is 12.1 Å². The van der Waals surface area contributed by atoms with Gasteiger partial charge in [0.05, 0.1) is 25.0 Å². The largest absolute Gasteiger partial charge is 0.481 e. The van der Waals surface area contributed by atoms with Crippen LogP contribution in [0.4, 0.5) is 0 Å². The zero-order valence-corrected chi connectivity index (χ0v) is 20.3. The summed E-state index contributed by atoms with van der Waals surface area (Å²) in [5.74, 6) is -7.29. The van der Waals surface area contributed by atoms with Crippen molar-refractivity contribution < 1.29 is 44.1 Å². The van der Waals surface area contributed by atoms with Crippen LogP contribution in [0.25, 0.3) is 10.9 Å². The third-order valence-corrected chi connectivity index (χ3v) is 5.55. The van der Waals surface area contributed by atoms with E-state index in [1.165, 1.54) is 0 Å². The molecule has 206 valence electrons. The Labute approximate surface area is 215 Å². The third kappa shape index (κ3) is 8.28. The number of aliphatic hydroxyl groups is 1. The lowest BCUT2D eigenvalue weighted by molar-refractivity contribution is -0.145. The Morgan fingerprint density at radius 3 is 2.08 bits per heavy atom. The molecule has 0 radical (unpaired) electrons. The number of aliphatic hydroxyl groups excluding tert-OH is 1. The highest BCUT2D eigenvalue weighted by Crippen LogP contribution is 2.18. The second-order valence-corrected chi connectivity index (χ2v) is 8.63. The molecule has 4 amide bonds. The van der Waals surface area contributed by atoms with Crippen molar-refractivity contribution in [3.63, 3.8) is 0 Å². The van der Waals surface area contributed by atoms with Crippen LogP contribution in [0.5, 0.6) is 0 Å². The molecule has 5 atom stereocenters. The lowest BCUT2D eigenvalue weighted by Gasteiger charge is -2.24. The van der Waals surface area contributed by atoms with Gasteiger partial charge >= 0.3 is 11.9 Å². The molecular weight excluding hydrogens is 504 g/mol. The number of amides is 4. The molecule has 0 saturated carbocycles.